The molecule has 4 aromatic carbocycles. The number of hydrogen-bond acceptors (Lipinski definition) is 6. The predicted octanol–water partition coefficient (Wildman–Crippen LogP) is 5.26. The van der Waals surface area contributed by atoms with Crippen LogP contribution in [0.5, 0.6) is 5.75 Å². The maximum atomic E-state index is 13.3. The summed E-state index contributed by atoms with van der Waals surface area (Å²) in [5, 5.41) is 12.1. The Bertz CT molecular complexity index is 1540. The summed E-state index contributed by atoms with van der Waals surface area (Å²) in [6.07, 6.45) is -0.966. The molecule has 0 saturated heterocycles. The van der Waals surface area contributed by atoms with Gasteiger partial charge in [-0.05, 0) is 39.9 Å². The average molecular weight is 574 g/mol. The van der Waals surface area contributed by atoms with Crippen molar-refractivity contribution < 1.29 is 38.5 Å². The first kappa shape index (κ1) is 28.1. The van der Waals surface area contributed by atoms with Crippen molar-refractivity contribution in [2.24, 2.45) is 0 Å². The van der Waals surface area contributed by atoms with Crippen molar-refractivity contribution in [1.29, 1.82) is 0 Å². The van der Waals surface area contributed by atoms with Gasteiger partial charge in [-0.2, -0.15) is 0 Å². The molecule has 0 saturated carbocycles. The van der Waals surface area contributed by atoms with Crippen LogP contribution in [0.25, 0.3) is 11.1 Å². The number of aromatic hydroxyl groups is 1. The van der Waals surface area contributed by atoms with Crippen molar-refractivity contribution in [1.82, 2.24) is 5.32 Å². The fourth-order valence-corrected chi connectivity index (χ4v) is 5.79. The summed E-state index contributed by atoms with van der Waals surface area (Å²) in [5.74, 6) is -3.10. The van der Waals surface area contributed by atoms with E-state index in [1.54, 1.807) is 30.3 Å². The Morgan fingerprint density at radius 2 is 1.37 bits per heavy atom. The number of hydrogen-bond donors (Lipinski definition) is 4. The van der Waals surface area contributed by atoms with Crippen LogP contribution in [0, 0.1) is 0 Å². The quantitative estimate of drug-likeness (QED) is 0.157. The van der Waals surface area contributed by atoms with Crippen molar-refractivity contribution in [3.05, 3.63) is 125 Å². The molecule has 4 N–H and O–H groups in total. The lowest BCUT2D eigenvalue weighted by atomic mass is 9.98. The van der Waals surface area contributed by atoms with Crippen LogP contribution >= 0.6 is 7.60 Å². The molecule has 0 bridgehead atoms. The zero-order valence-electron chi connectivity index (χ0n) is 21.8. The molecule has 210 valence electrons. The van der Waals surface area contributed by atoms with Crippen molar-refractivity contribution in [2.75, 3.05) is 6.61 Å². The van der Waals surface area contributed by atoms with Crippen LogP contribution < -0.4 is 5.32 Å². The van der Waals surface area contributed by atoms with E-state index in [0.29, 0.717) is 5.56 Å². The molecule has 5 rings (SSSR count). The summed E-state index contributed by atoms with van der Waals surface area (Å²) < 4.78 is 23.1. The number of alkyl carbamates (subject to hydrolysis) is 1. The molecule has 0 radical (unpaired) electrons. The van der Waals surface area contributed by atoms with Gasteiger partial charge in [-0.25, -0.2) is 9.59 Å². The van der Waals surface area contributed by atoms with Crippen LogP contribution in [0.15, 0.2) is 103 Å². The molecule has 41 heavy (non-hydrogen) atoms. The Hall–Kier alpha value is -4.43. The number of phenolic OH excluding ortho intramolecular Hbond substituents is 1. The molecule has 1 unspecified atom stereocenters. The number of phenols is 1. The lowest BCUT2D eigenvalue weighted by molar-refractivity contribution is -0.149. The maximum absolute atomic E-state index is 13.3. The van der Waals surface area contributed by atoms with Crippen LogP contribution in [0.3, 0.4) is 0 Å². The number of ether oxygens (including phenoxy) is 2. The van der Waals surface area contributed by atoms with Gasteiger partial charge >= 0.3 is 19.7 Å². The van der Waals surface area contributed by atoms with Gasteiger partial charge in [0.2, 0.25) is 5.85 Å². The van der Waals surface area contributed by atoms with Gasteiger partial charge in [0.1, 0.15) is 18.4 Å². The number of esters is 1. The standard InChI is InChI=1S/C31H28NO8P/c33-22-16-14-20(15-17-22)18-28(29(34)40-30(41(36,37)38)21-8-2-1-3-9-21)32-31(35)39-19-27-25-12-6-4-10-23(25)24-11-5-7-13-26(24)27/h1-17,27-28,30,33H,18-19H2,(H,32,35)(H2,36,37,38)/t28-,30?/m0/s1. The molecule has 9 nitrogen and oxygen atoms in total. The van der Waals surface area contributed by atoms with E-state index in [4.69, 9.17) is 9.47 Å². The van der Waals surface area contributed by atoms with Crippen molar-refractivity contribution in [3.63, 3.8) is 0 Å². The molecule has 4 aromatic rings. The smallest absolute Gasteiger partial charge is 0.407 e. The first-order valence-corrected chi connectivity index (χ1v) is 14.6. The molecule has 1 aliphatic rings. The van der Waals surface area contributed by atoms with Gasteiger partial charge in [-0.15, -0.1) is 0 Å². The highest BCUT2D eigenvalue weighted by Gasteiger charge is 2.37. The molecule has 0 fully saturated rings. The number of benzene rings is 4. The lowest BCUT2D eigenvalue weighted by Gasteiger charge is -2.24. The van der Waals surface area contributed by atoms with Crippen LogP contribution in [0.1, 0.15) is 34.0 Å². The fraction of sp³-hybridized carbons (Fsp3) is 0.161. The molecule has 2 atom stereocenters. The Balaban J connectivity index is 1.33. The molecule has 10 heteroatoms. The maximum Gasteiger partial charge on any atom is 0.407 e. The van der Waals surface area contributed by atoms with E-state index in [0.717, 1.165) is 22.3 Å². The van der Waals surface area contributed by atoms with E-state index in [1.807, 2.05) is 48.5 Å². The third-order valence-corrected chi connectivity index (χ3v) is 7.93. The minimum absolute atomic E-state index is 0.00988. The van der Waals surface area contributed by atoms with Gasteiger partial charge in [-0.3, -0.25) is 4.57 Å². The van der Waals surface area contributed by atoms with Gasteiger partial charge in [0.25, 0.3) is 0 Å². The van der Waals surface area contributed by atoms with Crippen LogP contribution in [0.2, 0.25) is 0 Å². The van der Waals surface area contributed by atoms with Crippen LogP contribution in [-0.4, -0.2) is 39.6 Å². The summed E-state index contributed by atoms with van der Waals surface area (Å²) >= 11 is 0. The second-order valence-corrected chi connectivity index (χ2v) is 11.3. The first-order valence-electron chi connectivity index (χ1n) is 12.9. The Labute approximate surface area is 236 Å². The molecule has 1 amide bonds. The average Bonchev–Trinajstić information content (AvgIpc) is 3.29. The number of amides is 1. The second-order valence-electron chi connectivity index (χ2n) is 9.68. The number of fused-ring (bicyclic) bond motifs is 3. The SMILES string of the molecule is O=C(N[C@@H](Cc1ccc(O)cc1)C(=O)OC(c1ccccc1)P(=O)(O)O)OCC1c2ccccc2-c2ccccc21. The molecule has 0 spiro atoms. The molecule has 0 heterocycles. The van der Waals surface area contributed by atoms with Gasteiger partial charge in [0.05, 0.1) is 0 Å². The number of carbonyl (C=O) groups excluding carboxylic acids is 2. The van der Waals surface area contributed by atoms with Crippen molar-refractivity contribution in [2.45, 2.75) is 24.2 Å². The van der Waals surface area contributed by atoms with Crippen LogP contribution in [-0.2, 0) is 25.3 Å². The van der Waals surface area contributed by atoms with Gasteiger partial charge < -0.3 is 29.7 Å². The molecular weight excluding hydrogens is 545 g/mol. The van der Waals surface area contributed by atoms with E-state index in [9.17, 15) is 29.0 Å². The minimum Gasteiger partial charge on any atom is -0.508 e. The van der Waals surface area contributed by atoms with Crippen molar-refractivity contribution in [3.8, 4) is 16.9 Å². The largest absolute Gasteiger partial charge is 0.508 e. The zero-order chi connectivity index (χ0) is 29.0. The second kappa shape index (κ2) is 12.0. The Morgan fingerprint density at radius 3 is 1.95 bits per heavy atom. The summed E-state index contributed by atoms with van der Waals surface area (Å²) in [5.41, 5.74) is 4.85. The number of nitrogens with one attached hydrogen (secondary N) is 1. The van der Waals surface area contributed by atoms with Crippen LogP contribution in [0.4, 0.5) is 4.79 Å². The molecule has 0 aliphatic heterocycles. The van der Waals surface area contributed by atoms with Gasteiger partial charge in [0, 0.05) is 17.9 Å². The molecule has 0 aromatic heterocycles. The van der Waals surface area contributed by atoms with E-state index in [-0.39, 0.29) is 30.3 Å². The zero-order valence-corrected chi connectivity index (χ0v) is 22.7. The normalized spacial score (nSPS) is 13.9. The fourth-order valence-electron chi connectivity index (χ4n) is 4.98. The highest BCUT2D eigenvalue weighted by molar-refractivity contribution is 7.52. The van der Waals surface area contributed by atoms with E-state index in [1.165, 1.54) is 24.3 Å². The predicted molar refractivity (Wildman–Crippen MR) is 151 cm³/mol. The summed E-state index contributed by atoms with van der Waals surface area (Å²) in [6, 6.07) is 28.0. The van der Waals surface area contributed by atoms with Gasteiger partial charge in [0.15, 0.2) is 0 Å². The lowest BCUT2D eigenvalue weighted by Crippen LogP contribution is -2.44. The summed E-state index contributed by atoms with van der Waals surface area (Å²) in [4.78, 5) is 46.1. The van der Waals surface area contributed by atoms with Crippen molar-refractivity contribution >= 4 is 19.7 Å². The Morgan fingerprint density at radius 1 is 0.805 bits per heavy atom. The third kappa shape index (κ3) is 6.49. The van der Waals surface area contributed by atoms with E-state index in [2.05, 4.69) is 5.32 Å². The highest BCUT2D eigenvalue weighted by atomic mass is 31.2. The Kier molecular flexibility index (Phi) is 8.21. The first-order chi connectivity index (χ1) is 19.7. The van der Waals surface area contributed by atoms with Gasteiger partial charge in [-0.1, -0.05) is 91.0 Å². The third-order valence-electron chi connectivity index (χ3n) is 6.91. The summed E-state index contributed by atoms with van der Waals surface area (Å²) in [7, 11) is -4.92. The number of rotatable bonds is 9. The minimum atomic E-state index is -4.92. The highest BCUT2D eigenvalue weighted by Crippen LogP contribution is 2.52. The van der Waals surface area contributed by atoms with E-state index >= 15 is 0 Å². The van der Waals surface area contributed by atoms with E-state index < -0.39 is 31.5 Å². The molecule has 1 aliphatic carbocycles. The summed E-state index contributed by atoms with van der Waals surface area (Å²) in [6.45, 7) is 0.00988. The number of carbonyl (C=O) groups is 2. The topological polar surface area (TPSA) is 142 Å². The monoisotopic (exact) mass is 573 g/mol. The molecular formula is C31H28NO8P.